The zero-order valence-corrected chi connectivity index (χ0v) is 13.9. The number of ether oxygens (including phenoxy) is 1. The average Bonchev–Trinajstić information content (AvgIpc) is 2.64. The highest BCUT2D eigenvalue weighted by Crippen LogP contribution is 2.20. The van der Waals surface area contributed by atoms with Crippen molar-refractivity contribution >= 4 is 21.7 Å². The Morgan fingerprint density at radius 2 is 1.32 bits per heavy atom. The number of nitrogens with one attached hydrogen (secondary N) is 1. The first-order valence-electron chi connectivity index (χ1n) is 7.50. The zero-order valence-electron chi connectivity index (χ0n) is 13.1. The van der Waals surface area contributed by atoms with Gasteiger partial charge in [-0.25, -0.2) is 13.2 Å². The van der Waals surface area contributed by atoms with Crippen LogP contribution in [0.1, 0.15) is 10.4 Å². The summed E-state index contributed by atoms with van der Waals surface area (Å²) in [6, 6.07) is 22.8. The first-order valence-corrected chi connectivity index (χ1v) is 8.98. The summed E-state index contributed by atoms with van der Waals surface area (Å²) in [5, 5.41) is 0. The summed E-state index contributed by atoms with van der Waals surface area (Å²) in [5.41, 5.74) is 0.819. The van der Waals surface area contributed by atoms with E-state index in [4.69, 9.17) is 4.74 Å². The van der Waals surface area contributed by atoms with Gasteiger partial charge in [-0.3, -0.25) is 4.72 Å². The van der Waals surface area contributed by atoms with Crippen LogP contribution in [-0.2, 0) is 10.0 Å². The van der Waals surface area contributed by atoms with Crippen LogP contribution in [0.5, 0.6) is 5.75 Å². The highest BCUT2D eigenvalue weighted by Gasteiger charge is 2.13. The standard InChI is InChI=1S/C19H15NO4S/c21-19(15-7-3-1-4-8-15)24-17-13-11-16(12-14-17)20-25(22,23)18-9-5-2-6-10-18/h1-14,20H. The van der Waals surface area contributed by atoms with E-state index in [1.165, 1.54) is 36.4 Å². The van der Waals surface area contributed by atoms with Crippen LogP contribution in [0.15, 0.2) is 89.8 Å². The molecular weight excluding hydrogens is 338 g/mol. The third-order valence-electron chi connectivity index (χ3n) is 3.38. The molecule has 3 aromatic rings. The van der Waals surface area contributed by atoms with Crippen LogP contribution in [0.3, 0.4) is 0 Å². The van der Waals surface area contributed by atoms with E-state index in [1.807, 2.05) is 6.07 Å². The molecule has 0 fully saturated rings. The van der Waals surface area contributed by atoms with Gasteiger partial charge >= 0.3 is 5.97 Å². The minimum atomic E-state index is -3.65. The van der Waals surface area contributed by atoms with Crippen molar-refractivity contribution < 1.29 is 17.9 Å². The van der Waals surface area contributed by atoms with E-state index >= 15 is 0 Å². The molecule has 1 N–H and O–H groups in total. The zero-order chi connectivity index (χ0) is 17.7. The van der Waals surface area contributed by atoms with Crippen molar-refractivity contribution in [1.29, 1.82) is 0 Å². The van der Waals surface area contributed by atoms with Crippen LogP contribution in [0.25, 0.3) is 0 Å². The molecule has 6 heteroatoms. The Morgan fingerprint density at radius 1 is 0.760 bits per heavy atom. The normalized spacial score (nSPS) is 10.9. The Bertz CT molecular complexity index is 953. The van der Waals surface area contributed by atoms with E-state index in [9.17, 15) is 13.2 Å². The van der Waals surface area contributed by atoms with Gasteiger partial charge in [-0.2, -0.15) is 0 Å². The largest absolute Gasteiger partial charge is 0.423 e. The van der Waals surface area contributed by atoms with Crippen LogP contribution in [-0.4, -0.2) is 14.4 Å². The molecule has 0 unspecified atom stereocenters. The highest BCUT2D eigenvalue weighted by atomic mass is 32.2. The highest BCUT2D eigenvalue weighted by molar-refractivity contribution is 7.92. The molecule has 5 nitrogen and oxygen atoms in total. The number of hydrogen-bond donors (Lipinski definition) is 1. The summed E-state index contributed by atoms with van der Waals surface area (Å²) in [7, 11) is -3.65. The molecule has 3 rings (SSSR count). The number of rotatable bonds is 5. The van der Waals surface area contributed by atoms with Crippen molar-refractivity contribution in [2.45, 2.75) is 4.90 Å². The molecule has 0 spiro atoms. The summed E-state index contributed by atoms with van der Waals surface area (Å²) in [5.74, 6) is -0.144. The topological polar surface area (TPSA) is 72.5 Å². The maximum atomic E-state index is 12.3. The van der Waals surface area contributed by atoms with Crippen molar-refractivity contribution in [3.63, 3.8) is 0 Å². The predicted octanol–water partition coefficient (Wildman–Crippen LogP) is 3.71. The Balaban J connectivity index is 1.69. The van der Waals surface area contributed by atoms with Gasteiger partial charge < -0.3 is 4.74 Å². The molecule has 0 bridgehead atoms. The summed E-state index contributed by atoms with van der Waals surface area (Å²) in [6.07, 6.45) is 0. The molecule has 0 aliphatic heterocycles. The number of esters is 1. The Hall–Kier alpha value is -3.12. The van der Waals surface area contributed by atoms with Crippen LogP contribution >= 0.6 is 0 Å². The lowest BCUT2D eigenvalue weighted by atomic mass is 10.2. The van der Waals surface area contributed by atoms with Crippen LogP contribution < -0.4 is 9.46 Å². The van der Waals surface area contributed by atoms with Gasteiger partial charge in [-0.15, -0.1) is 0 Å². The molecule has 0 saturated carbocycles. The van der Waals surface area contributed by atoms with E-state index in [-0.39, 0.29) is 4.90 Å². The maximum Gasteiger partial charge on any atom is 0.343 e. The van der Waals surface area contributed by atoms with Crippen molar-refractivity contribution in [1.82, 2.24) is 0 Å². The van der Waals surface area contributed by atoms with Crippen LogP contribution in [0.2, 0.25) is 0 Å². The number of hydrogen-bond acceptors (Lipinski definition) is 4. The number of anilines is 1. The van der Waals surface area contributed by atoms with Gasteiger partial charge in [-0.05, 0) is 48.5 Å². The Morgan fingerprint density at radius 3 is 1.92 bits per heavy atom. The van der Waals surface area contributed by atoms with Gasteiger partial charge in [-0.1, -0.05) is 36.4 Å². The summed E-state index contributed by atoms with van der Waals surface area (Å²) < 4.78 is 32.2. The van der Waals surface area contributed by atoms with Gasteiger partial charge in [0, 0.05) is 5.69 Å². The van der Waals surface area contributed by atoms with Crippen molar-refractivity contribution in [2.75, 3.05) is 4.72 Å². The first-order chi connectivity index (χ1) is 12.0. The monoisotopic (exact) mass is 353 g/mol. The molecular formula is C19H15NO4S. The summed E-state index contributed by atoms with van der Waals surface area (Å²) >= 11 is 0. The predicted molar refractivity (Wildman–Crippen MR) is 95.1 cm³/mol. The van der Waals surface area contributed by atoms with Crippen molar-refractivity contribution in [3.05, 3.63) is 90.5 Å². The average molecular weight is 353 g/mol. The van der Waals surface area contributed by atoms with Gasteiger partial charge in [0.1, 0.15) is 5.75 Å². The third kappa shape index (κ3) is 4.24. The third-order valence-corrected chi connectivity index (χ3v) is 4.78. The smallest absolute Gasteiger partial charge is 0.343 e. The van der Waals surface area contributed by atoms with Crippen molar-refractivity contribution in [2.24, 2.45) is 0 Å². The first kappa shape index (κ1) is 16.7. The molecule has 25 heavy (non-hydrogen) atoms. The summed E-state index contributed by atoms with van der Waals surface area (Å²) in [4.78, 5) is 12.2. The lowest BCUT2D eigenvalue weighted by Gasteiger charge is -2.09. The van der Waals surface area contributed by atoms with E-state index in [2.05, 4.69) is 4.72 Å². The molecule has 0 aromatic heterocycles. The Labute approximate surface area is 145 Å². The van der Waals surface area contributed by atoms with Crippen LogP contribution in [0, 0.1) is 0 Å². The second-order valence-electron chi connectivity index (χ2n) is 5.20. The number of sulfonamides is 1. The Kier molecular flexibility index (Phi) is 4.81. The molecule has 0 aliphatic carbocycles. The minimum Gasteiger partial charge on any atom is -0.423 e. The number of carbonyl (C=O) groups is 1. The van der Waals surface area contributed by atoms with Gasteiger partial charge in [0.25, 0.3) is 10.0 Å². The molecule has 0 radical (unpaired) electrons. The van der Waals surface area contributed by atoms with E-state index in [1.54, 1.807) is 42.5 Å². The van der Waals surface area contributed by atoms with E-state index in [0.717, 1.165) is 0 Å². The number of carbonyl (C=O) groups excluding carboxylic acids is 1. The van der Waals surface area contributed by atoms with E-state index in [0.29, 0.717) is 17.0 Å². The van der Waals surface area contributed by atoms with Crippen molar-refractivity contribution in [3.8, 4) is 5.75 Å². The van der Waals surface area contributed by atoms with E-state index < -0.39 is 16.0 Å². The fourth-order valence-corrected chi connectivity index (χ4v) is 3.22. The lowest BCUT2D eigenvalue weighted by Crippen LogP contribution is -2.13. The van der Waals surface area contributed by atoms with Gasteiger partial charge in [0.15, 0.2) is 0 Å². The molecule has 0 amide bonds. The fraction of sp³-hybridized carbons (Fsp3) is 0. The van der Waals surface area contributed by atoms with Crippen LogP contribution in [0.4, 0.5) is 5.69 Å². The maximum absolute atomic E-state index is 12.3. The molecule has 3 aromatic carbocycles. The lowest BCUT2D eigenvalue weighted by molar-refractivity contribution is 0.0735. The second-order valence-corrected chi connectivity index (χ2v) is 6.88. The van der Waals surface area contributed by atoms with Gasteiger partial charge in [0.2, 0.25) is 0 Å². The summed E-state index contributed by atoms with van der Waals surface area (Å²) in [6.45, 7) is 0. The SMILES string of the molecule is O=C(Oc1ccc(NS(=O)(=O)c2ccccc2)cc1)c1ccccc1. The fourth-order valence-electron chi connectivity index (χ4n) is 2.14. The minimum absolute atomic E-state index is 0.176. The molecule has 0 saturated heterocycles. The molecule has 0 heterocycles. The van der Waals surface area contributed by atoms with Gasteiger partial charge in [0.05, 0.1) is 10.5 Å². The number of benzene rings is 3. The quantitative estimate of drug-likeness (QED) is 0.561. The molecule has 0 aliphatic rings. The second kappa shape index (κ2) is 7.19. The molecule has 126 valence electrons. The molecule has 0 atom stereocenters.